The van der Waals surface area contributed by atoms with E-state index in [9.17, 15) is 15.0 Å². The van der Waals surface area contributed by atoms with E-state index in [0.717, 1.165) is 5.69 Å². The predicted octanol–water partition coefficient (Wildman–Crippen LogP) is 1.10. The highest BCUT2D eigenvalue weighted by Crippen LogP contribution is 2.41. The highest BCUT2D eigenvalue weighted by molar-refractivity contribution is 8.15. The molecule has 1 aromatic rings. The van der Waals surface area contributed by atoms with E-state index in [2.05, 4.69) is 15.6 Å². The number of halogens is 1. The molecule has 0 radical (unpaired) electrons. The number of aliphatic imine (C=N–C) groups is 1. The van der Waals surface area contributed by atoms with E-state index in [-0.39, 0.29) is 17.6 Å². The van der Waals surface area contributed by atoms with Crippen molar-refractivity contribution in [1.29, 1.82) is 0 Å². The molecule has 26 heavy (non-hydrogen) atoms. The molecular weight excluding hydrogens is 378 g/mol. The summed E-state index contributed by atoms with van der Waals surface area (Å²) < 4.78 is 4.94. The number of nitrogens with one attached hydrogen (secondary N) is 2. The van der Waals surface area contributed by atoms with Gasteiger partial charge in [0.2, 0.25) is 5.91 Å². The summed E-state index contributed by atoms with van der Waals surface area (Å²) in [7, 11) is 1.57. The maximum atomic E-state index is 12.5. The van der Waals surface area contributed by atoms with Crippen molar-refractivity contribution in [3.63, 3.8) is 0 Å². The van der Waals surface area contributed by atoms with E-state index >= 15 is 0 Å². The van der Waals surface area contributed by atoms with Gasteiger partial charge in [-0.05, 0) is 30.7 Å². The molecule has 1 aliphatic carbocycles. The summed E-state index contributed by atoms with van der Waals surface area (Å²) in [6.45, 7) is 0.827. The zero-order chi connectivity index (χ0) is 18.7. The van der Waals surface area contributed by atoms with Crippen LogP contribution in [0, 0.1) is 5.92 Å². The Balaban J connectivity index is 1.70. The number of methoxy groups -OCH3 is 1. The van der Waals surface area contributed by atoms with E-state index in [4.69, 9.17) is 16.3 Å². The van der Waals surface area contributed by atoms with Crippen LogP contribution in [0.2, 0.25) is 5.02 Å². The molecule has 2 aliphatic rings. The van der Waals surface area contributed by atoms with Crippen molar-refractivity contribution in [3.8, 4) is 0 Å². The predicted molar refractivity (Wildman–Crippen MR) is 103 cm³/mol. The zero-order valence-electron chi connectivity index (χ0n) is 14.3. The van der Waals surface area contributed by atoms with Crippen molar-refractivity contribution >= 4 is 40.1 Å². The third kappa shape index (κ3) is 4.32. The van der Waals surface area contributed by atoms with Gasteiger partial charge in [-0.2, -0.15) is 0 Å². The van der Waals surface area contributed by atoms with Crippen LogP contribution in [0.15, 0.2) is 29.3 Å². The number of amides is 1. The first-order valence-corrected chi connectivity index (χ1v) is 9.65. The number of anilines is 1. The molecule has 0 aromatic heterocycles. The molecule has 9 heteroatoms. The van der Waals surface area contributed by atoms with E-state index < -0.39 is 24.2 Å². The van der Waals surface area contributed by atoms with Gasteiger partial charge >= 0.3 is 0 Å². The Morgan fingerprint density at radius 3 is 2.81 bits per heavy atom. The number of carbonyl (C=O) groups is 1. The van der Waals surface area contributed by atoms with Crippen LogP contribution in [0.1, 0.15) is 6.42 Å². The fraction of sp³-hybridized carbons (Fsp3) is 0.529. The maximum absolute atomic E-state index is 12.5. The van der Waals surface area contributed by atoms with Gasteiger partial charge < -0.3 is 25.6 Å². The highest BCUT2D eigenvalue weighted by atomic mass is 35.5. The number of hydrogen-bond donors (Lipinski definition) is 4. The first-order chi connectivity index (χ1) is 12.5. The first kappa shape index (κ1) is 19.4. The van der Waals surface area contributed by atoms with Crippen LogP contribution < -0.4 is 10.6 Å². The second kappa shape index (κ2) is 8.58. The van der Waals surface area contributed by atoms with Crippen LogP contribution in [0.5, 0.6) is 0 Å². The van der Waals surface area contributed by atoms with Crippen molar-refractivity contribution in [2.24, 2.45) is 10.9 Å². The molecule has 0 bridgehead atoms. The van der Waals surface area contributed by atoms with Crippen LogP contribution in [0.3, 0.4) is 0 Å². The molecular formula is C17H22ClN3O4S. The molecule has 1 amide bonds. The number of ether oxygens (including phenoxy) is 1. The number of amidine groups is 1. The number of benzene rings is 1. The van der Waals surface area contributed by atoms with E-state index in [0.29, 0.717) is 23.3 Å². The number of fused-ring (bicyclic) bond motifs is 1. The minimum atomic E-state index is -0.986. The van der Waals surface area contributed by atoms with Gasteiger partial charge in [0.1, 0.15) is 6.10 Å². The number of carbonyl (C=O) groups excluding carboxylic acids is 1. The molecule has 1 aliphatic heterocycles. The molecule has 0 unspecified atom stereocenters. The lowest BCUT2D eigenvalue weighted by molar-refractivity contribution is -0.129. The van der Waals surface area contributed by atoms with Gasteiger partial charge in [-0.15, -0.1) is 0 Å². The van der Waals surface area contributed by atoms with Gasteiger partial charge in [0.25, 0.3) is 0 Å². The van der Waals surface area contributed by atoms with E-state index in [1.807, 2.05) is 12.1 Å². The third-order valence-corrected chi connectivity index (χ3v) is 6.09. The van der Waals surface area contributed by atoms with E-state index in [1.165, 1.54) is 11.8 Å². The fourth-order valence-corrected chi connectivity index (χ4v) is 4.68. The number of thioether (sulfide) groups is 1. The standard InChI is InChI=1S/C17H22ClN3O4S/c1-25-7-6-19-16(24)11-8-12(22)14(23)13-15(11)26-17(21-13)20-10-4-2-9(18)3-5-10/h2-5,11-15,22-23H,6-8H2,1H3,(H,19,24)(H,20,21)/t11-,12+,13-,14-,15+/m0/s1. The number of rotatable bonds is 5. The highest BCUT2D eigenvalue weighted by Gasteiger charge is 2.50. The summed E-state index contributed by atoms with van der Waals surface area (Å²) in [6, 6.07) is 6.65. The maximum Gasteiger partial charge on any atom is 0.224 e. The van der Waals surface area contributed by atoms with Gasteiger partial charge in [0.15, 0.2) is 5.17 Å². The van der Waals surface area contributed by atoms with Gasteiger partial charge in [-0.3, -0.25) is 9.79 Å². The first-order valence-electron chi connectivity index (χ1n) is 8.39. The average Bonchev–Trinajstić information content (AvgIpc) is 3.04. The lowest BCUT2D eigenvalue weighted by Gasteiger charge is -2.37. The molecule has 4 N–H and O–H groups in total. The average molecular weight is 400 g/mol. The lowest BCUT2D eigenvalue weighted by Crippen LogP contribution is -2.54. The molecule has 5 atom stereocenters. The number of hydrogen-bond acceptors (Lipinski definition) is 7. The molecule has 1 saturated carbocycles. The molecule has 142 valence electrons. The van der Waals surface area contributed by atoms with Crippen molar-refractivity contribution in [1.82, 2.24) is 5.32 Å². The van der Waals surface area contributed by atoms with Crippen molar-refractivity contribution in [2.45, 2.75) is 29.9 Å². The Morgan fingerprint density at radius 2 is 2.12 bits per heavy atom. The topological polar surface area (TPSA) is 103 Å². The molecule has 0 saturated heterocycles. The smallest absolute Gasteiger partial charge is 0.224 e. The Morgan fingerprint density at radius 1 is 1.38 bits per heavy atom. The van der Waals surface area contributed by atoms with Crippen molar-refractivity contribution in [2.75, 3.05) is 25.6 Å². The summed E-state index contributed by atoms with van der Waals surface area (Å²) in [6.07, 6.45) is -1.76. The van der Waals surface area contributed by atoms with E-state index in [1.54, 1.807) is 19.2 Å². The Labute approximate surface area is 161 Å². The second-order valence-corrected chi connectivity index (χ2v) is 7.93. The molecule has 0 spiro atoms. The summed E-state index contributed by atoms with van der Waals surface area (Å²) in [5.41, 5.74) is 0.815. The summed E-state index contributed by atoms with van der Waals surface area (Å²) in [4.78, 5) is 17.0. The lowest BCUT2D eigenvalue weighted by atomic mass is 9.81. The monoisotopic (exact) mass is 399 g/mol. The van der Waals surface area contributed by atoms with Gasteiger partial charge in [-0.25, -0.2) is 0 Å². The fourth-order valence-electron chi connectivity index (χ4n) is 3.17. The van der Waals surface area contributed by atoms with Crippen LogP contribution in [0.25, 0.3) is 0 Å². The molecule has 1 fully saturated rings. The largest absolute Gasteiger partial charge is 0.390 e. The van der Waals surface area contributed by atoms with Gasteiger partial charge in [0.05, 0.1) is 24.7 Å². The normalized spacial score (nSPS) is 30.5. The number of aliphatic hydroxyl groups excluding tert-OH is 2. The van der Waals surface area contributed by atoms with Crippen LogP contribution >= 0.6 is 23.4 Å². The third-order valence-electron chi connectivity index (χ3n) is 4.52. The second-order valence-electron chi connectivity index (χ2n) is 6.32. The molecule has 3 rings (SSSR count). The quantitative estimate of drug-likeness (QED) is 0.553. The number of aliphatic hydroxyl groups is 2. The number of nitrogens with zero attached hydrogens (tertiary/aromatic N) is 1. The molecule has 1 heterocycles. The van der Waals surface area contributed by atoms with Crippen LogP contribution in [-0.4, -0.2) is 65.0 Å². The van der Waals surface area contributed by atoms with Gasteiger partial charge in [-0.1, -0.05) is 23.4 Å². The van der Waals surface area contributed by atoms with Crippen LogP contribution in [-0.2, 0) is 9.53 Å². The Hall–Kier alpha value is -1.32. The summed E-state index contributed by atoms with van der Waals surface area (Å²) >= 11 is 7.31. The van der Waals surface area contributed by atoms with Crippen molar-refractivity contribution in [3.05, 3.63) is 29.3 Å². The Bertz CT molecular complexity index is 672. The SMILES string of the molecule is COCCNC(=O)[C@H]1C[C@@H](O)[C@H](O)[C@@H]2N=C(Nc3ccc(Cl)cc3)S[C@@H]21. The van der Waals surface area contributed by atoms with Gasteiger partial charge in [0, 0.05) is 29.6 Å². The molecule has 7 nitrogen and oxygen atoms in total. The molecule has 1 aromatic carbocycles. The zero-order valence-corrected chi connectivity index (χ0v) is 15.8. The van der Waals surface area contributed by atoms with Crippen molar-refractivity contribution < 1.29 is 19.7 Å². The minimum Gasteiger partial charge on any atom is -0.390 e. The summed E-state index contributed by atoms with van der Waals surface area (Å²) in [5.74, 6) is -0.591. The minimum absolute atomic E-state index is 0.154. The summed E-state index contributed by atoms with van der Waals surface area (Å²) in [5, 5.41) is 27.5. The van der Waals surface area contributed by atoms with Crippen LogP contribution in [0.4, 0.5) is 5.69 Å². The Kier molecular flexibility index (Phi) is 6.42.